The van der Waals surface area contributed by atoms with Crippen molar-refractivity contribution in [3.63, 3.8) is 0 Å². The minimum Gasteiger partial charge on any atom is -0.367 e. The van der Waals surface area contributed by atoms with Crippen LogP contribution in [0.25, 0.3) is 10.2 Å². The lowest BCUT2D eigenvalue weighted by atomic mass is 9.92. The maximum absolute atomic E-state index is 4.58. The zero-order chi connectivity index (χ0) is 13.5. The van der Waals surface area contributed by atoms with Crippen LogP contribution in [0, 0.1) is 5.41 Å². The fourth-order valence-corrected chi connectivity index (χ4v) is 3.59. The van der Waals surface area contributed by atoms with Crippen molar-refractivity contribution in [3.8, 4) is 0 Å². The van der Waals surface area contributed by atoms with Gasteiger partial charge in [-0.1, -0.05) is 13.8 Å². The van der Waals surface area contributed by atoms with Gasteiger partial charge >= 0.3 is 0 Å². The number of hydrogen-bond acceptors (Lipinski definition) is 5. The van der Waals surface area contributed by atoms with E-state index in [4.69, 9.17) is 0 Å². The van der Waals surface area contributed by atoms with Crippen molar-refractivity contribution in [3.05, 3.63) is 11.4 Å². The number of thiophene rings is 1. The molecule has 0 amide bonds. The normalized spacial score (nSPS) is 21.7. The molecule has 4 nitrogen and oxygen atoms in total. The van der Waals surface area contributed by atoms with E-state index < -0.39 is 0 Å². The Balaban J connectivity index is 1.89. The van der Waals surface area contributed by atoms with Crippen molar-refractivity contribution < 1.29 is 0 Å². The van der Waals surface area contributed by atoms with Gasteiger partial charge in [-0.25, -0.2) is 4.98 Å². The Bertz CT molecular complexity index is 590. The van der Waals surface area contributed by atoms with Gasteiger partial charge < -0.3 is 10.6 Å². The Morgan fingerprint density at radius 3 is 2.89 bits per heavy atom. The third-order valence-corrected chi connectivity index (χ3v) is 4.66. The van der Waals surface area contributed by atoms with E-state index in [1.54, 1.807) is 11.3 Å². The highest BCUT2D eigenvalue weighted by atomic mass is 32.1. The van der Waals surface area contributed by atoms with Crippen LogP contribution < -0.4 is 10.6 Å². The molecule has 1 saturated carbocycles. The molecule has 2 heterocycles. The maximum atomic E-state index is 4.58. The van der Waals surface area contributed by atoms with Crippen LogP contribution in [0.1, 0.15) is 33.1 Å². The summed E-state index contributed by atoms with van der Waals surface area (Å²) in [6, 6.07) is 2.62. The van der Waals surface area contributed by atoms with Crippen molar-refractivity contribution in [2.45, 2.75) is 39.2 Å². The van der Waals surface area contributed by atoms with E-state index in [9.17, 15) is 0 Å². The molecule has 1 atom stereocenters. The molecule has 2 N–H and O–H groups in total. The van der Waals surface area contributed by atoms with E-state index in [1.807, 2.05) is 7.05 Å². The van der Waals surface area contributed by atoms with Gasteiger partial charge in [-0.05, 0) is 36.1 Å². The molecule has 3 rings (SSSR count). The van der Waals surface area contributed by atoms with Gasteiger partial charge in [0.15, 0.2) is 0 Å². The minimum absolute atomic E-state index is 0.449. The molecule has 5 heteroatoms. The monoisotopic (exact) mass is 276 g/mol. The van der Waals surface area contributed by atoms with Crippen LogP contribution in [-0.4, -0.2) is 23.1 Å². The average Bonchev–Trinajstić information content (AvgIpc) is 2.95. The van der Waals surface area contributed by atoms with Crippen LogP contribution in [0.2, 0.25) is 0 Å². The second kappa shape index (κ2) is 4.63. The number of rotatable bonds is 3. The SMILES string of the molecule is CNc1nc(NC2CCC(C)(C)C2)c2ccsc2n1. The molecule has 0 aromatic carbocycles. The smallest absolute Gasteiger partial charge is 0.225 e. The Morgan fingerprint density at radius 2 is 2.21 bits per heavy atom. The highest BCUT2D eigenvalue weighted by Gasteiger charge is 2.31. The van der Waals surface area contributed by atoms with E-state index in [1.165, 1.54) is 19.3 Å². The Morgan fingerprint density at radius 1 is 1.37 bits per heavy atom. The predicted octanol–water partition coefficient (Wildman–Crippen LogP) is 3.72. The average molecular weight is 276 g/mol. The third kappa shape index (κ3) is 2.52. The molecule has 19 heavy (non-hydrogen) atoms. The van der Waals surface area contributed by atoms with E-state index in [2.05, 4.69) is 45.9 Å². The Labute approximate surface area is 117 Å². The van der Waals surface area contributed by atoms with Crippen LogP contribution in [0.4, 0.5) is 11.8 Å². The maximum Gasteiger partial charge on any atom is 0.225 e. The standard InChI is InChI=1S/C14H20N4S/c1-14(2)6-4-9(8-14)16-11-10-5-7-19-12(10)18-13(15-3)17-11/h5,7,9H,4,6,8H2,1-3H3,(H2,15,16,17,18). The van der Waals surface area contributed by atoms with Crippen molar-refractivity contribution >= 4 is 33.3 Å². The van der Waals surface area contributed by atoms with Crippen molar-refractivity contribution in [1.29, 1.82) is 0 Å². The number of nitrogens with zero attached hydrogens (tertiary/aromatic N) is 2. The highest BCUT2D eigenvalue weighted by molar-refractivity contribution is 7.16. The molecule has 1 aliphatic carbocycles. The number of aromatic nitrogens is 2. The van der Waals surface area contributed by atoms with Crippen LogP contribution >= 0.6 is 11.3 Å². The number of fused-ring (bicyclic) bond motifs is 1. The van der Waals surface area contributed by atoms with Crippen molar-refractivity contribution in [1.82, 2.24) is 9.97 Å². The third-order valence-electron chi connectivity index (χ3n) is 3.86. The van der Waals surface area contributed by atoms with E-state index >= 15 is 0 Å². The minimum atomic E-state index is 0.449. The summed E-state index contributed by atoms with van der Waals surface area (Å²) in [5.41, 5.74) is 0.449. The summed E-state index contributed by atoms with van der Waals surface area (Å²) in [7, 11) is 1.86. The summed E-state index contributed by atoms with van der Waals surface area (Å²) >= 11 is 1.66. The molecule has 2 aromatic rings. The second-order valence-electron chi connectivity index (χ2n) is 6.03. The fourth-order valence-electron chi connectivity index (χ4n) is 2.83. The Hall–Kier alpha value is -1.36. The summed E-state index contributed by atoms with van der Waals surface area (Å²) in [6.07, 6.45) is 3.70. The van der Waals surface area contributed by atoms with Gasteiger partial charge in [0, 0.05) is 13.1 Å². The van der Waals surface area contributed by atoms with Crippen LogP contribution in [0.15, 0.2) is 11.4 Å². The van der Waals surface area contributed by atoms with Gasteiger partial charge in [-0.2, -0.15) is 4.98 Å². The predicted molar refractivity (Wildman–Crippen MR) is 82.0 cm³/mol. The van der Waals surface area contributed by atoms with Crippen molar-refractivity contribution in [2.75, 3.05) is 17.7 Å². The first kappa shape index (κ1) is 12.7. The van der Waals surface area contributed by atoms with Gasteiger partial charge in [-0.15, -0.1) is 11.3 Å². The molecule has 0 bridgehead atoms. The molecule has 1 fully saturated rings. The first-order valence-corrected chi connectivity index (χ1v) is 7.65. The van der Waals surface area contributed by atoms with E-state index in [-0.39, 0.29) is 0 Å². The molecule has 1 unspecified atom stereocenters. The molecular weight excluding hydrogens is 256 g/mol. The van der Waals surface area contributed by atoms with E-state index in [0.717, 1.165) is 16.0 Å². The highest BCUT2D eigenvalue weighted by Crippen LogP contribution is 2.39. The first-order chi connectivity index (χ1) is 9.07. The van der Waals surface area contributed by atoms with Crippen LogP contribution in [0.3, 0.4) is 0 Å². The molecule has 0 saturated heterocycles. The van der Waals surface area contributed by atoms with Gasteiger partial charge in [-0.3, -0.25) is 0 Å². The number of anilines is 2. The zero-order valence-corrected chi connectivity index (χ0v) is 12.5. The first-order valence-electron chi connectivity index (χ1n) is 6.77. The van der Waals surface area contributed by atoms with Crippen molar-refractivity contribution in [2.24, 2.45) is 5.41 Å². The topological polar surface area (TPSA) is 49.8 Å². The summed E-state index contributed by atoms with van der Waals surface area (Å²) in [5.74, 6) is 1.66. The molecule has 102 valence electrons. The summed E-state index contributed by atoms with van der Waals surface area (Å²) in [6.45, 7) is 4.68. The van der Waals surface area contributed by atoms with Gasteiger partial charge in [0.2, 0.25) is 5.95 Å². The van der Waals surface area contributed by atoms with Gasteiger partial charge in [0.1, 0.15) is 10.6 Å². The second-order valence-corrected chi connectivity index (χ2v) is 6.93. The summed E-state index contributed by atoms with van der Waals surface area (Å²) in [5, 5.41) is 9.86. The van der Waals surface area contributed by atoms with E-state index in [0.29, 0.717) is 17.4 Å². The molecule has 1 aliphatic rings. The quantitative estimate of drug-likeness (QED) is 0.897. The van der Waals surface area contributed by atoms with Gasteiger partial charge in [0.05, 0.1) is 5.39 Å². The lowest BCUT2D eigenvalue weighted by molar-refractivity contribution is 0.378. The van der Waals surface area contributed by atoms with Crippen LogP contribution in [0.5, 0.6) is 0 Å². The largest absolute Gasteiger partial charge is 0.367 e. The summed E-state index contributed by atoms with van der Waals surface area (Å²) in [4.78, 5) is 10.1. The lowest BCUT2D eigenvalue weighted by Crippen LogP contribution is -2.18. The number of nitrogens with one attached hydrogen (secondary N) is 2. The summed E-state index contributed by atoms with van der Waals surface area (Å²) < 4.78 is 0. The molecular formula is C14H20N4S. The lowest BCUT2D eigenvalue weighted by Gasteiger charge is -2.18. The molecule has 0 radical (unpaired) electrons. The number of hydrogen-bond donors (Lipinski definition) is 2. The molecule has 2 aromatic heterocycles. The molecule has 0 aliphatic heterocycles. The molecule has 0 spiro atoms. The fraction of sp³-hybridized carbons (Fsp3) is 0.571. The van der Waals surface area contributed by atoms with Crippen LogP contribution in [-0.2, 0) is 0 Å². The zero-order valence-electron chi connectivity index (χ0n) is 11.7. The van der Waals surface area contributed by atoms with Gasteiger partial charge in [0.25, 0.3) is 0 Å². The Kier molecular flexibility index (Phi) is 3.09.